The molecule has 0 bridgehead atoms. The molecule has 1 aliphatic rings. The predicted octanol–water partition coefficient (Wildman–Crippen LogP) is 3.60. The largest absolute Gasteiger partial charge is 0.479 e. The Morgan fingerprint density at radius 3 is 2.74 bits per heavy atom. The molecule has 5 rings (SSSR count). The van der Waals surface area contributed by atoms with Crippen LogP contribution < -0.4 is 10.1 Å². The molecule has 31 heavy (non-hydrogen) atoms. The van der Waals surface area contributed by atoms with E-state index in [0.717, 1.165) is 42.3 Å². The Bertz CT molecular complexity index is 1190. The number of nitrogens with zero attached hydrogens (tertiary/aromatic N) is 6. The van der Waals surface area contributed by atoms with Gasteiger partial charge in [-0.25, -0.2) is 14.5 Å². The van der Waals surface area contributed by atoms with E-state index in [1.165, 1.54) is 0 Å². The highest BCUT2D eigenvalue weighted by Crippen LogP contribution is 2.32. The second-order valence-corrected chi connectivity index (χ2v) is 8.25. The van der Waals surface area contributed by atoms with Crippen LogP contribution in [0.5, 0.6) is 5.88 Å². The van der Waals surface area contributed by atoms with Crippen molar-refractivity contribution in [3.8, 4) is 17.0 Å². The molecular formula is C22H27N7O2. The third-order valence-electron chi connectivity index (χ3n) is 5.70. The fourth-order valence-corrected chi connectivity index (χ4v) is 4.29. The molecule has 4 aromatic heterocycles. The van der Waals surface area contributed by atoms with Crippen molar-refractivity contribution >= 4 is 17.2 Å². The molecule has 1 fully saturated rings. The highest BCUT2D eigenvalue weighted by molar-refractivity contribution is 5.84. The van der Waals surface area contributed by atoms with Gasteiger partial charge in [-0.3, -0.25) is 4.40 Å². The van der Waals surface area contributed by atoms with Gasteiger partial charge in [-0.05, 0) is 45.6 Å². The van der Waals surface area contributed by atoms with Gasteiger partial charge < -0.3 is 14.8 Å². The molecule has 1 N–H and O–H groups in total. The molecule has 162 valence electrons. The summed E-state index contributed by atoms with van der Waals surface area (Å²) in [7, 11) is 1.63. The summed E-state index contributed by atoms with van der Waals surface area (Å²) in [5, 5.41) is 8.18. The Labute approximate surface area is 180 Å². The van der Waals surface area contributed by atoms with Crippen LogP contribution in [0.4, 0.5) is 5.95 Å². The summed E-state index contributed by atoms with van der Waals surface area (Å²) < 4.78 is 15.3. The van der Waals surface area contributed by atoms with Crippen LogP contribution in [-0.4, -0.2) is 54.3 Å². The van der Waals surface area contributed by atoms with Gasteiger partial charge in [0.2, 0.25) is 17.6 Å². The summed E-state index contributed by atoms with van der Waals surface area (Å²) >= 11 is 0. The third-order valence-corrected chi connectivity index (χ3v) is 5.70. The first-order chi connectivity index (χ1) is 15.1. The molecule has 9 heteroatoms. The minimum Gasteiger partial charge on any atom is -0.479 e. The lowest BCUT2D eigenvalue weighted by molar-refractivity contribution is -0.0133. The molecule has 4 heterocycles. The van der Waals surface area contributed by atoms with Gasteiger partial charge in [-0.2, -0.15) is 4.98 Å². The average molecular weight is 422 g/mol. The van der Waals surface area contributed by atoms with Crippen molar-refractivity contribution in [3.05, 3.63) is 37.1 Å². The lowest BCUT2D eigenvalue weighted by Gasteiger charge is -2.30. The number of imidazole rings is 1. The quantitative estimate of drug-likeness (QED) is 0.509. The Kier molecular flexibility index (Phi) is 5.19. The number of methoxy groups -OCH3 is 1. The summed E-state index contributed by atoms with van der Waals surface area (Å²) in [6.45, 7) is 4.18. The number of anilines is 1. The van der Waals surface area contributed by atoms with Gasteiger partial charge in [-0.15, -0.1) is 5.10 Å². The molecule has 1 aliphatic carbocycles. The van der Waals surface area contributed by atoms with Gasteiger partial charge in [0, 0.05) is 48.2 Å². The van der Waals surface area contributed by atoms with Crippen molar-refractivity contribution in [1.29, 1.82) is 0 Å². The maximum Gasteiger partial charge on any atom is 0.244 e. The van der Waals surface area contributed by atoms with E-state index in [2.05, 4.69) is 39.2 Å². The zero-order valence-electron chi connectivity index (χ0n) is 18.0. The van der Waals surface area contributed by atoms with E-state index in [1.807, 2.05) is 33.6 Å². The normalized spacial score (nSPS) is 19.4. The molecule has 0 amide bonds. The van der Waals surface area contributed by atoms with Crippen LogP contribution in [0, 0.1) is 0 Å². The van der Waals surface area contributed by atoms with Gasteiger partial charge in [0.1, 0.15) is 5.52 Å². The minimum absolute atomic E-state index is 0.275. The highest BCUT2D eigenvalue weighted by Gasteiger charge is 2.24. The smallest absolute Gasteiger partial charge is 0.244 e. The standard InChI is InChI=1S/C22H27N7O2/c1-14(2)31-17-6-4-16(5-7-17)25-21-26-20(30-3)19-18(8-10-29(19)27-21)15-12-24-22-23-9-11-28(22)13-15/h8-14,16-17H,4-7H2,1-3H3,(H,25,27)/t16-,17-. The molecule has 9 nitrogen and oxygen atoms in total. The first kappa shape index (κ1) is 19.7. The number of aromatic nitrogens is 6. The summed E-state index contributed by atoms with van der Waals surface area (Å²) in [5.41, 5.74) is 2.71. The van der Waals surface area contributed by atoms with E-state index in [9.17, 15) is 0 Å². The molecule has 0 aromatic carbocycles. The second-order valence-electron chi connectivity index (χ2n) is 8.25. The zero-order valence-corrected chi connectivity index (χ0v) is 18.0. The van der Waals surface area contributed by atoms with Crippen LogP contribution in [0.25, 0.3) is 22.4 Å². The number of hydrogen-bond acceptors (Lipinski definition) is 7. The van der Waals surface area contributed by atoms with Crippen LogP contribution >= 0.6 is 0 Å². The van der Waals surface area contributed by atoms with Crippen LogP contribution in [-0.2, 0) is 4.74 Å². The molecule has 0 unspecified atom stereocenters. The molecule has 0 saturated heterocycles. The van der Waals surface area contributed by atoms with Crippen molar-refractivity contribution in [2.24, 2.45) is 0 Å². The van der Waals surface area contributed by atoms with Crippen LogP contribution in [0.15, 0.2) is 37.1 Å². The number of ether oxygens (including phenoxy) is 2. The van der Waals surface area contributed by atoms with Gasteiger partial charge in [0.25, 0.3) is 0 Å². The first-order valence-electron chi connectivity index (χ1n) is 10.7. The van der Waals surface area contributed by atoms with Crippen LogP contribution in [0.1, 0.15) is 39.5 Å². The van der Waals surface area contributed by atoms with Crippen LogP contribution in [0.3, 0.4) is 0 Å². The summed E-state index contributed by atoms with van der Waals surface area (Å²) in [6, 6.07) is 2.34. The monoisotopic (exact) mass is 421 g/mol. The van der Waals surface area contributed by atoms with Gasteiger partial charge in [-0.1, -0.05) is 0 Å². The van der Waals surface area contributed by atoms with E-state index in [-0.39, 0.29) is 6.10 Å². The maximum absolute atomic E-state index is 5.96. The highest BCUT2D eigenvalue weighted by atomic mass is 16.5. The summed E-state index contributed by atoms with van der Waals surface area (Å²) in [5.74, 6) is 1.76. The Morgan fingerprint density at radius 2 is 1.97 bits per heavy atom. The second kappa shape index (κ2) is 8.14. The van der Waals surface area contributed by atoms with Gasteiger partial charge in [0.05, 0.1) is 19.3 Å². The Hall–Kier alpha value is -3.20. The lowest BCUT2D eigenvalue weighted by atomic mass is 9.93. The number of nitrogens with one attached hydrogen (secondary N) is 1. The molecule has 4 aromatic rings. The van der Waals surface area contributed by atoms with E-state index in [1.54, 1.807) is 19.5 Å². The number of fused-ring (bicyclic) bond motifs is 2. The van der Waals surface area contributed by atoms with Gasteiger partial charge >= 0.3 is 0 Å². The minimum atomic E-state index is 0.275. The number of hydrogen-bond donors (Lipinski definition) is 1. The topological polar surface area (TPSA) is 90.9 Å². The molecule has 0 radical (unpaired) electrons. The Morgan fingerprint density at radius 1 is 1.13 bits per heavy atom. The van der Waals surface area contributed by atoms with E-state index >= 15 is 0 Å². The number of rotatable bonds is 6. The van der Waals surface area contributed by atoms with Crippen molar-refractivity contribution in [2.75, 3.05) is 12.4 Å². The first-order valence-corrected chi connectivity index (χ1v) is 10.7. The predicted molar refractivity (Wildman–Crippen MR) is 117 cm³/mol. The van der Waals surface area contributed by atoms with Crippen molar-refractivity contribution in [2.45, 2.75) is 57.8 Å². The van der Waals surface area contributed by atoms with E-state index < -0.39 is 0 Å². The fourth-order valence-electron chi connectivity index (χ4n) is 4.29. The summed E-state index contributed by atoms with van der Waals surface area (Å²) in [6.07, 6.45) is 14.1. The molecular weight excluding hydrogens is 394 g/mol. The summed E-state index contributed by atoms with van der Waals surface area (Å²) in [4.78, 5) is 13.3. The third kappa shape index (κ3) is 3.93. The lowest BCUT2D eigenvalue weighted by Crippen LogP contribution is -2.31. The Balaban J connectivity index is 1.39. The van der Waals surface area contributed by atoms with E-state index in [0.29, 0.717) is 29.8 Å². The van der Waals surface area contributed by atoms with E-state index in [4.69, 9.17) is 9.47 Å². The van der Waals surface area contributed by atoms with Crippen molar-refractivity contribution in [1.82, 2.24) is 29.0 Å². The fraction of sp³-hybridized carbons (Fsp3) is 0.455. The maximum atomic E-state index is 5.96. The van der Waals surface area contributed by atoms with Crippen LogP contribution in [0.2, 0.25) is 0 Å². The molecule has 0 aliphatic heterocycles. The average Bonchev–Trinajstić information content (AvgIpc) is 3.40. The SMILES string of the molecule is COc1nc(N[C@H]2CC[C@H](OC(C)C)CC2)nn2ccc(-c3cnc4nccn4c3)c12. The molecule has 1 saturated carbocycles. The van der Waals surface area contributed by atoms with Crippen molar-refractivity contribution < 1.29 is 9.47 Å². The molecule has 0 atom stereocenters. The van der Waals surface area contributed by atoms with Gasteiger partial charge in [0.15, 0.2) is 0 Å². The molecule has 0 spiro atoms. The zero-order chi connectivity index (χ0) is 21.4. The van der Waals surface area contributed by atoms with Crippen molar-refractivity contribution in [3.63, 3.8) is 0 Å².